The van der Waals surface area contributed by atoms with E-state index >= 15 is 0 Å². The second-order valence-electron chi connectivity index (χ2n) is 6.93. The Morgan fingerprint density at radius 3 is 2.48 bits per heavy atom. The van der Waals surface area contributed by atoms with Gasteiger partial charge in [-0.25, -0.2) is 4.98 Å². The topological polar surface area (TPSA) is 41.4 Å². The van der Waals surface area contributed by atoms with Crippen molar-refractivity contribution >= 4 is 35.9 Å². The number of hydrogen-bond acceptors (Lipinski definition) is 3. The molecule has 3 aromatic rings. The maximum Gasteiger partial charge on any atom is 0.223 e. The van der Waals surface area contributed by atoms with E-state index in [0.29, 0.717) is 11.4 Å². The Kier molecular flexibility index (Phi) is 7.18. The lowest BCUT2D eigenvalue weighted by Gasteiger charge is -2.35. The molecule has 5 nitrogen and oxygen atoms in total. The Hall–Kier alpha value is -2.50. The molecule has 0 unspecified atom stereocenters. The molecule has 1 aliphatic rings. The van der Waals surface area contributed by atoms with Crippen molar-refractivity contribution in [1.82, 2.24) is 14.5 Å². The second kappa shape index (κ2) is 9.81. The Bertz CT molecular complexity index is 937. The van der Waals surface area contributed by atoms with E-state index in [4.69, 9.17) is 11.6 Å². The molecule has 0 bridgehead atoms. The van der Waals surface area contributed by atoms with Crippen LogP contribution in [0.4, 0.5) is 5.95 Å². The van der Waals surface area contributed by atoms with Crippen molar-refractivity contribution in [1.29, 1.82) is 0 Å². The molecule has 0 atom stereocenters. The highest BCUT2D eigenvalue weighted by Gasteiger charge is 2.23. The largest absolute Gasteiger partial charge is 0.339 e. The fraction of sp³-hybridized carbons (Fsp3) is 0.273. The lowest BCUT2D eigenvalue weighted by molar-refractivity contribution is -0.131. The molecule has 2 aromatic carbocycles. The molecule has 0 spiro atoms. The number of carbonyl (C=O) groups excluding carboxylic acids is 1. The monoisotopic (exact) mass is 430 g/mol. The van der Waals surface area contributed by atoms with Crippen molar-refractivity contribution < 1.29 is 4.79 Å². The summed E-state index contributed by atoms with van der Waals surface area (Å²) >= 11 is 6.14. The van der Waals surface area contributed by atoms with E-state index in [9.17, 15) is 4.79 Å². The molecule has 4 rings (SSSR count). The number of nitrogens with zero attached hydrogens (tertiary/aromatic N) is 4. The number of benzene rings is 2. The van der Waals surface area contributed by atoms with Crippen LogP contribution < -0.4 is 4.90 Å². The number of carbonyl (C=O) groups is 1. The number of halogens is 2. The highest BCUT2D eigenvalue weighted by molar-refractivity contribution is 6.30. The molecule has 7 heteroatoms. The lowest BCUT2D eigenvalue weighted by Crippen LogP contribution is -2.49. The fourth-order valence-electron chi connectivity index (χ4n) is 3.57. The van der Waals surface area contributed by atoms with E-state index in [0.717, 1.165) is 44.2 Å². The summed E-state index contributed by atoms with van der Waals surface area (Å²) in [6.07, 6.45) is 5.09. The van der Waals surface area contributed by atoms with E-state index in [2.05, 4.69) is 22.0 Å². The van der Waals surface area contributed by atoms with Crippen molar-refractivity contribution in [2.75, 3.05) is 31.1 Å². The summed E-state index contributed by atoms with van der Waals surface area (Å²) in [6.45, 7) is 2.98. The number of anilines is 1. The maximum absolute atomic E-state index is 12.6. The van der Waals surface area contributed by atoms with Crippen molar-refractivity contribution in [3.63, 3.8) is 0 Å². The van der Waals surface area contributed by atoms with Gasteiger partial charge in [-0.3, -0.25) is 9.36 Å². The molecule has 0 aliphatic carbocycles. The van der Waals surface area contributed by atoms with Gasteiger partial charge in [0.15, 0.2) is 0 Å². The number of rotatable bonds is 5. The first kappa shape index (κ1) is 21.2. The van der Waals surface area contributed by atoms with Gasteiger partial charge in [0.1, 0.15) is 0 Å². The Labute approximate surface area is 182 Å². The van der Waals surface area contributed by atoms with E-state index in [1.165, 1.54) is 5.56 Å². The zero-order chi connectivity index (χ0) is 19.3. The average Bonchev–Trinajstić information content (AvgIpc) is 3.23. The van der Waals surface area contributed by atoms with Gasteiger partial charge in [0.25, 0.3) is 0 Å². The van der Waals surface area contributed by atoms with Crippen LogP contribution in [-0.2, 0) is 11.2 Å². The maximum atomic E-state index is 12.6. The number of imidazole rings is 1. The van der Waals surface area contributed by atoms with Crippen LogP contribution in [0.25, 0.3) is 5.69 Å². The molecule has 2 heterocycles. The summed E-state index contributed by atoms with van der Waals surface area (Å²) in [5.74, 6) is 1.11. The number of amides is 1. The number of aryl methyl sites for hydroxylation is 1. The van der Waals surface area contributed by atoms with Gasteiger partial charge < -0.3 is 9.80 Å². The molecule has 152 valence electrons. The minimum Gasteiger partial charge on any atom is -0.339 e. The predicted octanol–water partition coefficient (Wildman–Crippen LogP) is 4.23. The third kappa shape index (κ3) is 5.11. The van der Waals surface area contributed by atoms with Crippen molar-refractivity contribution in [2.24, 2.45) is 0 Å². The van der Waals surface area contributed by atoms with E-state index < -0.39 is 0 Å². The van der Waals surface area contributed by atoms with Crippen LogP contribution in [0, 0.1) is 0 Å². The number of piperazine rings is 1. The van der Waals surface area contributed by atoms with Gasteiger partial charge in [-0.05, 0) is 30.2 Å². The molecule has 1 aliphatic heterocycles. The molecule has 1 saturated heterocycles. The molecular formula is C22H24Cl2N4O. The van der Waals surface area contributed by atoms with Crippen LogP contribution in [0.15, 0.2) is 67.0 Å². The molecule has 0 saturated carbocycles. The van der Waals surface area contributed by atoms with Gasteiger partial charge in [0, 0.05) is 55.7 Å². The zero-order valence-corrected chi connectivity index (χ0v) is 17.6. The minimum absolute atomic E-state index is 0. The van der Waals surface area contributed by atoms with E-state index in [1.807, 2.05) is 58.1 Å². The van der Waals surface area contributed by atoms with Crippen molar-refractivity contribution in [2.45, 2.75) is 12.8 Å². The van der Waals surface area contributed by atoms with Crippen LogP contribution in [0.1, 0.15) is 12.0 Å². The number of aromatic nitrogens is 2. The summed E-state index contributed by atoms with van der Waals surface area (Å²) in [4.78, 5) is 21.3. The quantitative estimate of drug-likeness (QED) is 0.607. The van der Waals surface area contributed by atoms with E-state index in [-0.39, 0.29) is 18.3 Å². The lowest BCUT2D eigenvalue weighted by atomic mass is 10.1. The van der Waals surface area contributed by atoms with Crippen LogP contribution in [0.3, 0.4) is 0 Å². The third-order valence-electron chi connectivity index (χ3n) is 5.09. The third-order valence-corrected chi connectivity index (χ3v) is 5.33. The first-order valence-corrected chi connectivity index (χ1v) is 9.94. The van der Waals surface area contributed by atoms with Gasteiger partial charge in [-0.2, -0.15) is 0 Å². The summed E-state index contributed by atoms with van der Waals surface area (Å²) < 4.78 is 2.04. The smallest absolute Gasteiger partial charge is 0.223 e. The van der Waals surface area contributed by atoms with Crippen LogP contribution in [-0.4, -0.2) is 46.5 Å². The molecular weight excluding hydrogens is 407 g/mol. The molecule has 29 heavy (non-hydrogen) atoms. The zero-order valence-electron chi connectivity index (χ0n) is 16.1. The van der Waals surface area contributed by atoms with Gasteiger partial charge in [0.05, 0.1) is 0 Å². The second-order valence-corrected chi connectivity index (χ2v) is 7.37. The van der Waals surface area contributed by atoms with Crippen LogP contribution >= 0.6 is 24.0 Å². The van der Waals surface area contributed by atoms with Gasteiger partial charge in [0.2, 0.25) is 11.9 Å². The molecule has 0 N–H and O–H groups in total. The molecule has 1 amide bonds. The van der Waals surface area contributed by atoms with Gasteiger partial charge in [-0.15, -0.1) is 12.4 Å². The molecule has 1 fully saturated rings. The Balaban J connectivity index is 0.00000240. The predicted molar refractivity (Wildman–Crippen MR) is 119 cm³/mol. The van der Waals surface area contributed by atoms with Crippen molar-refractivity contribution in [3.05, 3.63) is 77.6 Å². The van der Waals surface area contributed by atoms with Gasteiger partial charge >= 0.3 is 0 Å². The minimum atomic E-state index is 0. The highest BCUT2D eigenvalue weighted by atomic mass is 35.5. The highest BCUT2D eigenvalue weighted by Crippen LogP contribution is 2.22. The Morgan fingerprint density at radius 1 is 1.00 bits per heavy atom. The average molecular weight is 431 g/mol. The van der Waals surface area contributed by atoms with Crippen LogP contribution in [0.2, 0.25) is 5.02 Å². The normalized spacial score (nSPS) is 13.8. The summed E-state index contributed by atoms with van der Waals surface area (Å²) in [5.41, 5.74) is 2.19. The van der Waals surface area contributed by atoms with Gasteiger partial charge in [-0.1, -0.05) is 48.0 Å². The fourth-order valence-corrected chi connectivity index (χ4v) is 3.75. The summed E-state index contributed by atoms with van der Waals surface area (Å²) in [5, 5.41) is 0.700. The molecule has 1 aromatic heterocycles. The first-order valence-electron chi connectivity index (χ1n) is 9.56. The Morgan fingerprint density at radius 2 is 1.76 bits per heavy atom. The first-order chi connectivity index (χ1) is 13.7. The van der Waals surface area contributed by atoms with Crippen LogP contribution in [0.5, 0.6) is 0 Å². The standard InChI is InChI=1S/C22H23ClN4O.ClH/c23-19-7-4-8-20(17-19)27-12-11-24-22(27)26-15-13-25(14-16-26)21(28)10-9-18-5-2-1-3-6-18;/h1-8,11-12,17H,9-10,13-16H2;1H. The SMILES string of the molecule is Cl.O=C(CCc1ccccc1)N1CCN(c2nccn2-c2cccc(Cl)c2)CC1. The summed E-state index contributed by atoms with van der Waals surface area (Å²) in [7, 11) is 0. The van der Waals surface area contributed by atoms with E-state index in [1.54, 1.807) is 6.20 Å². The van der Waals surface area contributed by atoms with Crippen molar-refractivity contribution in [3.8, 4) is 5.69 Å². The number of hydrogen-bond donors (Lipinski definition) is 0. The molecule has 0 radical (unpaired) electrons. The summed E-state index contributed by atoms with van der Waals surface area (Å²) in [6, 6.07) is 17.9.